The highest BCUT2D eigenvalue weighted by Gasteiger charge is 2.29. The first-order valence-corrected chi connectivity index (χ1v) is 11.6. The third kappa shape index (κ3) is 4.89. The van der Waals surface area contributed by atoms with Crippen LogP contribution in [0.4, 0.5) is 11.4 Å². The van der Waals surface area contributed by atoms with E-state index in [1.165, 1.54) is 5.56 Å². The maximum absolute atomic E-state index is 9.46. The monoisotopic (exact) mass is 495 g/mol. The number of phenols is 1. The van der Waals surface area contributed by atoms with Crippen molar-refractivity contribution < 1.29 is 5.11 Å². The van der Waals surface area contributed by atoms with E-state index in [1.54, 1.807) is 18.3 Å². The van der Waals surface area contributed by atoms with E-state index >= 15 is 0 Å². The summed E-state index contributed by atoms with van der Waals surface area (Å²) in [6, 6.07) is 34.0. The molecule has 0 aliphatic carbocycles. The molecule has 0 saturated heterocycles. The van der Waals surface area contributed by atoms with Gasteiger partial charge in [-0.05, 0) is 77.4 Å². The van der Waals surface area contributed by atoms with Crippen LogP contribution in [0.25, 0.3) is 0 Å². The average Bonchev–Trinajstić information content (AvgIpc) is 3.31. The molecule has 4 nitrogen and oxygen atoms in total. The molecule has 0 bridgehead atoms. The molecule has 0 spiro atoms. The molecular formula is C28H22BrN3O. The van der Waals surface area contributed by atoms with E-state index in [1.807, 2.05) is 42.5 Å². The summed E-state index contributed by atoms with van der Waals surface area (Å²) in [6.07, 6.45) is 2.61. The van der Waals surface area contributed by atoms with Crippen molar-refractivity contribution in [2.24, 2.45) is 10.1 Å². The van der Waals surface area contributed by atoms with Crippen molar-refractivity contribution in [2.45, 2.75) is 12.5 Å². The zero-order valence-corrected chi connectivity index (χ0v) is 19.4. The van der Waals surface area contributed by atoms with Crippen LogP contribution in [0, 0.1) is 0 Å². The lowest BCUT2D eigenvalue weighted by molar-refractivity contribution is 0.475. The Labute approximate surface area is 201 Å². The Bertz CT molecular complexity index is 1300. The van der Waals surface area contributed by atoms with E-state index in [2.05, 4.69) is 74.5 Å². The molecule has 33 heavy (non-hydrogen) atoms. The summed E-state index contributed by atoms with van der Waals surface area (Å²) in [6.45, 7) is 0. The molecule has 0 saturated carbocycles. The molecule has 4 aromatic rings. The lowest BCUT2D eigenvalue weighted by Gasteiger charge is -2.24. The molecule has 4 aromatic carbocycles. The number of benzene rings is 4. The fraction of sp³-hybridized carbons (Fsp3) is 0.0714. The van der Waals surface area contributed by atoms with Crippen molar-refractivity contribution in [1.29, 1.82) is 0 Å². The molecule has 5 heteroatoms. The lowest BCUT2D eigenvalue weighted by Crippen LogP contribution is -2.18. The summed E-state index contributed by atoms with van der Waals surface area (Å²) in [4.78, 5) is 4.62. The molecule has 0 radical (unpaired) electrons. The van der Waals surface area contributed by atoms with Crippen molar-refractivity contribution in [2.75, 3.05) is 5.01 Å². The zero-order chi connectivity index (χ0) is 22.6. The van der Waals surface area contributed by atoms with Crippen molar-refractivity contribution in [3.8, 4) is 5.75 Å². The largest absolute Gasteiger partial charge is 0.508 e. The predicted octanol–water partition coefficient (Wildman–Crippen LogP) is 7.26. The van der Waals surface area contributed by atoms with E-state index in [0.29, 0.717) is 0 Å². The molecule has 1 atom stereocenters. The fourth-order valence-electron chi connectivity index (χ4n) is 3.92. The van der Waals surface area contributed by atoms with Crippen LogP contribution >= 0.6 is 15.9 Å². The number of phenolic OH excluding ortho intramolecular Hbond substituents is 1. The SMILES string of the molecule is Oc1ccc(C=Nc2cccc(C3=NN(c4ccccc4)C(c4ccc(Br)cc4)C3)c2)cc1. The van der Waals surface area contributed by atoms with Gasteiger partial charge in [0.25, 0.3) is 0 Å². The number of hydrogen-bond acceptors (Lipinski definition) is 4. The van der Waals surface area contributed by atoms with E-state index in [9.17, 15) is 5.11 Å². The molecule has 1 unspecified atom stereocenters. The van der Waals surface area contributed by atoms with Gasteiger partial charge in [0.15, 0.2) is 0 Å². The maximum Gasteiger partial charge on any atom is 0.115 e. The molecule has 1 aliphatic heterocycles. The molecule has 162 valence electrons. The summed E-state index contributed by atoms with van der Waals surface area (Å²) in [5.74, 6) is 0.247. The highest BCUT2D eigenvalue weighted by Crippen LogP contribution is 2.37. The quantitative estimate of drug-likeness (QED) is 0.296. The van der Waals surface area contributed by atoms with Crippen LogP contribution in [0.1, 0.15) is 29.2 Å². The van der Waals surface area contributed by atoms with Crippen molar-refractivity contribution >= 4 is 39.2 Å². The number of para-hydroxylation sites is 1. The second-order valence-electron chi connectivity index (χ2n) is 7.90. The first-order chi connectivity index (χ1) is 16.2. The number of hydrogen-bond donors (Lipinski definition) is 1. The number of anilines is 1. The average molecular weight is 496 g/mol. The second kappa shape index (κ2) is 9.43. The van der Waals surface area contributed by atoms with Crippen LogP contribution in [0.3, 0.4) is 0 Å². The van der Waals surface area contributed by atoms with Gasteiger partial charge in [0.05, 0.1) is 23.1 Å². The fourth-order valence-corrected chi connectivity index (χ4v) is 4.19. The molecule has 5 rings (SSSR count). The van der Waals surface area contributed by atoms with Crippen LogP contribution in [0.15, 0.2) is 118 Å². The highest BCUT2D eigenvalue weighted by molar-refractivity contribution is 9.10. The normalized spacial score (nSPS) is 15.7. The van der Waals surface area contributed by atoms with Crippen molar-refractivity contribution in [3.05, 3.63) is 124 Å². The lowest BCUT2D eigenvalue weighted by atomic mass is 9.98. The first kappa shape index (κ1) is 21.2. The van der Waals surface area contributed by atoms with Crippen LogP contribution in [-0.2, 0) is 0 Å². The van der Waals surface area contributed by atoms with Gasteiger partial charge in [-0.2, -0.15) is 5.10 Å². The molecular weight excluding hydrogens is 474 g/mol. The number of aromatic hydroxyl groups is 1. The molecule has 0 amide bonds. The van der Waals surface area contributed by atoms with E-state index in [4.69, 9.17) is 5.10 Å². The molecule has 1 N–H and O–H groups in total. The van der Waals surface area contributed by atoms with Crippen LogP contribution < -0.4 is 5.01 Å². The minimum absolute atomic E-state index is 0.125. The van der Waals surface area contributed by atoms with E-state index in [-0.39, 0.29) is 11.8 Å². The Kier molecular flexibility index (Phi) is 6.05. The molecule has 0 fully saturated rings. The van der Waals surface area contributed by atoms with Gasteiger partial charge in [-0.1, -0.05) is 58.4 Å². The Morgan fingerprint density at radius 3 is 2.39 bits per heavy atom. The Balaban J connectivity index is 1.45. The third-order valence-electron chi connectivity index (χ3n) is 5.62. The third-order valence-corrected chi connectivity index (χ3v) is 6.15. The van der Waals surface area contributed by atoms with Gasteiger partial charge in [-0.25, -0.2) is 0 Å². The number of halogens is 1. The highest BCUT2D eigenvalue weighted by atomic mass is 79.9. The zero-order valence-electron chi connectivity index (χ0n) is 17.8. The molecule has 1 aliphatic rings. The van der Waals surface area contributed by atoms with Gasteiger partial charge in [0, 0.05) is 17.1 Å². The summed E-state index contributed by atoms with van der Waals surface area (Å²) in [7, 11) is 0. The summed E-state index contributed by atoms with van der Waals surface area (Å²) < 4.78 is 1.07. The number of nitrogens with zero attached hydrogens (tertiary/aromatic N) is 3. The van der Waals surface area contributed by atoms with Crippen molar-refractivity contribution in [3.63, 3.8) is 0 Å². The van der Waals surface area contributed by atoms with Gasteiger partial charge < -0.3 is 5.11 Å². The van der Waals surface area contributed by atoms with E-state index in [0.717, 1.165) is 39.1 Å². The van der Waals surface area contributed by atoms with Gasteiger partial charge in [-0.3, -0.25) is 10.0 Å². The van der Waals surface area contributed by atoms with Gasteiger partial charge in [0.1, 0.15) is 5.75 Å². The Morgan fingerprint density at radius 1 is 0.879 bits per heavy atom. The van der Waals surface area contributed by atoms with Gasteiger partial charge in [0.2, 0.25) is 0 Å². The van der Waals surface area contributed by atoms with E-state index < -0.39 is 0 Å². The maximum atomic E-state index is 9.46. The molecule has 1 heterocycles. The summed E-state index contributed by atoms with van der Waals surface area (Å²) in [5, 5.41) is 16.6. The second-order valence-corrected chi connectivity index (χ2v) is 8.81. The number of rotatable bonds is 5. The summed E-state index contributed by atoms with van der Waals surface area (Å²) >= 11 is 3.54. The topological polar surface area (TPSA) is 48.2 Å². The Hall–Kier alpha value is -3.70. The summed E-state index contributed by atoms with van der Waals surface area (Å²) in [5.41, 5.74) is 6.19. The number of aliphatic imine (C=N–C) groups is 1. The van der Waals surface area contributed by atoms with Gasteiger partial charge in [-0.15, -0.1) is 0 Å². The minimum atomic E-state index is 0.125. The minimum Gasteiger partial charge on any atom is -0.508 e. The van der Waals surface area contributed by atoms with Crippen molar-refractivity contribution in [1.82, 2.24) is 0 Å². The predicted molar refractivity (Wildman–Crippen MR) is 139 cm³/mol. The van der Waals surface area contributed by atoms with Gasteiger partial charge >= 0.3 is 0 Å². The smallest absolute Gasteiger partial charge is 0.115 e. The molecule has 0 aromatic heterocycles. The first-order valence-electron chi connectivity index (χ1n) is 10.8. The number of hydrazone groups is 1. The standard InChI is InChI=1S/C28H22BrN3O/c29-23-13-11-21(12-14-23)28-18-27(31-32(28)25-7-2-1-3-8-25)22-5-4-6-24(17-22)30-19-20-9-15-26(33)16-10-20/h1-17,19,28,33H,18H2. The van der Waals surface area contributed by atoms with Crippen LogP contribution in [0.2, 0.25) is 0 Å². The Morgan fingerprint density at radius 2 is 1.64 bits per heavy atom. The van der Waals surface area contributed by atoms with Crippen LogP contribution in [0.5, 0.6) is 5.75 Å². The van der Waals surface area contributed by atoms with Crippen LogP contribution in [-0.4, -0.2) is 17.0 Å².